The van der Waals surface area contributed by atoms with Crippen LogP contribution in [0.1, 0.15) is 62.9 Å². The fourth-order valence-corrected chi connectivity index (χ4v) is 4.85. The average Bonchev–Trinajstić information content (AvgIpc) is 3.24. The Morgan fingerprint density at radius 1 is 1.22 bits per heavy atom. The second kappa shape index (κ2) is 9.38. The van der Waals surface area contributed by atoms with Crippen LogP contribution in [0.15, 0.2) is 28.8 Å². The van der Waals surface area contributed by atoms with E-state index in [9.17, 15) is 18.4 Å². The van der Waals surface area contributed by atoms with Crippen molar-refractivity contribution in [1.82, 2.24) is 15.4 Å². The molecule has 2 fully saturated rings. The smallest absolute Gasteiger partial charge is 0.276 e. The molecule has 0 unspecified atom stereocenters. The third kappa shape index (κ3) is 4.69. The third-order valence-corrected chi connectivity index (χ3v) is 6.50. The lowest BCUT2D eigenvalue weighted by molar-refractivity contribution is -0.131. The number of carbonyl (C=O) groups is 2. The molecule has 4 rings (SSSR count). The molecule has 1 saturated carbocycles. The molecule has 32 heavy (non-hydrogen) atoms. The number of nitrogens with one attached hydrogen (secondary N) is 1. The van der Waals surface area contributed by atoms with Gasteiger partial charge >= 0.3 is 0 Å². The summed E-state index contributed by atoms with van der Waals surface area (Å²) in [6.07, 6.45) is 6.09. The fourth-order valence-electron chi connectivity index (χ4n) is 4.85. The normalized spacial score (nSPS) is 22.3. The van der Waals surface area contributed by atoms with E-state index in [1.165, 1.54) is 18.6 Å². The van der Waals surface area contributed by atoms with Crippen molar-refractivity contribution in [1.29, 1.82) is 0 Å². The summed E-state index contributed by atoms with van der Waals surface area (Å²) in [7, 11) is 0. The van der Waals surface area contributed by atoms with Gasteiger partial charge in [0.25, 0.3) is 5.91 Å². The second-order valence-corrected chi connectivity index (χ2v) is 9.32. The maximum Gasteiger partial charge on any atom is 0.276 e. The first-order valence-electron chi connectivity index (χ1n) is 11.4. The highest BCUT2D eigenvalue weighted by atomic mass is 19.1. The van der Waals surface area contributed by atoms with Gasteiger partial charge in [0.1, 0.15) is 17.7 Å². The van der Waals surface area contributed by atoms with Gasteiger partial charge in [-0.2, -0.15) is 0 Å². The number of aromatic nitrogens is 1. The number of nitrogens with zero attached hydrogens (tertiary/aromatic N) is 2. The summed E-state index contributed by atoms with van der Waals surface area (Å²) in [6.45, 7) is 4.43. The van der Waals surface area contributed by atoms with E-state index in [4.69, 9.17) is 4.52 Å². The molecule has 172 valence electrons. The Balaban J connectivity index is 1.59. The summed E-state index contributed by atoms with van der Waals surface area (Å²) in [5.41, 5.74) is 0.0303. The Kier molecular flexibility index (Phi) is 6.58. The van der Waals surface area contributed by atoms with Crippen molar-refractivity contribution in [2.45, 2.75) is 64.5 Å². The molecular formula is C24H29F2N3O3. The minimum Gasteiger partial charge on any atom is -0.355 e. The molecule has 1 aromatic carbocycles. The Hall–Kier alpha value is -2.77. The predicted molar refractivity (Wildman–Crippen MR) is 115 cm³/mol. The van der Waals surface area contributed by atoms with Crippen molar-refractivity contribution in [2.75, 3.05) is 6.54 Å². The minimum absolute atomic E-state index is 0.00887. The van der Waals surface area contributed by atoms with Crippen molar-refractivity contribution in [2.24, 2.45) is 11.8 Å². The lowest BCUT2D eigenvalue weighted by Gasteiger charge is -2.43. The molecule has 1 aromatic heterocycles. The predicted octanol–water partition coefficient (Wildman–Crippen LogP) is 4.56. The van der Waals surface area contributed by atoms with Crippen molar-refractivity contribution >= 4 is 11.8 Å². The Morgan fingerprint density at radius 2 is 1.97 bits per heavy atom. The number of amides is 2. The molecule has 1 saturated heterocycles. The van der Waals surface area contributed by atoms with Crippen LogP contribution in [0.2, 0.25) is 0 Å². The van der Waals surface area contributed by atoms with E-state index in [1.54, 1.807) is 4.90 Å². The Morgan fingerprint density at radius 3 is 2.66 bits per heavy atom. The molecule has 8 heteroatoms. The number of hydrogen-bond donors (Lipinski definition) is 1. The highest BCUT2D eigenvalue weighted by Gasteiger charge is 2.41. The quantitative estimate of drug-likeness (QED) is 0.732. The Bertz CT molecular complexity index is 985. The van der Waals surface area contributed by atoms with Crippen molar-refractivity contribution in [3.63, 3.8) is 0 Å². The highest BCUT2D eigenvalue weighted by molar-refractivity contribution is 5.97. The number of benzene rings is 1. The van der Waals surface area contributed by atoms with Crippen LogP contribution in [-0.2, 0) is 4.79 Å². The van der Waals surface area contributed by atoms with Gasteiger partial charge in [-0.25, -0.2) is 8.78 Å². The van der Waals surface area contributed by atoms with Crippen LogP contribution >= 0.6 is 0 Å². The zero-order chi connectivity index (χ0) is 22.8. The first-order chi connectivity index (χ1) is 15.3. The molecule has 2 atom stereocenters. The maximum absolute atomic E-state index is 14.1. The van der Waals surface area contributed by atoms with Gasteiger partial charge in [0.15, 0.2) is 11.5 Å². The van der Waals surface area contributed by atoms with Gasteiger partial charge in [-0.05, 0) is 43.2 Å². The van der Waals surface area contributed by atoms with Gasteiger partial charge in [0.05, 0.1) is 5.56 Å². The van der Waals surface area contributed by atoms with Crippen LogP contribution in [0.5, 0.6) is 0 Å². The molecule has 2 amide bonds. The summed E-state index contributed by atoms with van der Waals surface area (Å²) in [5, 5.41) is 7.01. The third-order valence-electron chi connectivity index (χ3n) is 6.50. The lowest BCUT2D eigenvalue weighted by Crippen LogP contribution is -2.63. The molecule has 2 aromatic rings. The molecule has 0 radical (unpaired) electrons. The van der Waals surface area contributed by atoms with Gasteiger partial charge in [-0.15, -0.1) is 0 Å². The second-order valence-electron chi connectivity index (χ2n) is 9.32. The van der Waals surface area contributed by atoms with Crippen LogP contribution in [0.3, 0.4) is 0 Å². The first-order valence-corrected chi connectivity index (χ1v) is 11.4. The number of piperazine rings is 1. The number of carbonyl (C=O) groups excluding carboxylic acids is 2. The zero-order valence-corrected chi connectivity index (χ0v) is 18.4. The molecule has 1 N–H and O–H groups in total. The number of halogens is 2. The van der Waals surface area contributed by atoms with Crippen LogP contribution in [0.25, 0.3) is 11.3 Å². The summed E-state index contributed by atoms with van der Waals surface area (Å²) in [5.74, 6) is -1.44. The molecular weight excluding hydrogens is 416 g/mol. The van der Waals surface area contributed by atoms with Crippen molar-refractivity contribution < 1.29 is 22.9 Å². The van der Waals surface area contributed by atoms with E-state index in [-0.39, 0.29) is 34.9 Å². The minimum atomic E-state index is -0.799. The molecule has 1 aliphatic carbocycles. The van der Waals surface area contributed by atoms with E-state index >= 15 is 0 Å². The molecule has 0 bridgehead atoms. The van der Waals surface area contributed by atoms with Crippen molar-refractivity contribution in [3.8, 4) is 11.3 Å². The molecule has 6 nitrogen and oxygen atoms in total. The van der Waals surface area contributed by atoms with E-state index < -0.39 is 23.6 Å². The lowest BCUT2D eigenvalue weighted by atomic mass is 9.82. The van der Waals surface area contributed by atoms with Crippen LogP contribution < -0.4 is 5.32 Å². The SMILES string of the molecule is CC(C)C[C@H]1C(=O)N[C@@H](C2CCCCC2)CN1C(=O)c1cc(-c2ccc(F)cc2F)on1. The summed E-state index contributed by atoms with van der Waals surface area (Å²) in [6, 6.07) is 3.79. The highest BCUT2D eigenvalue weighted by Crippen LogP contribution is 2.31. The molecule has 0 spiro atoms. The van der Waals surface area contributed by atoms with E-state index in [0.29, 0.717) is 18.9 Å². The Labute approximate surface area is 186 Å². The van der Waals surface area contributed by atoms with Crippen LogP contribution in [0, 0.1) is 23.5 Å². The van der Waals surface area contributed by atoms with Gasteiger partial charge in [-0.3, -0.25) is 9.59 Å². The van der Waals surface area contributed by atoms with Crippen LogP contribution in [0.4, 0.5) is 8.78 Å². The van der Waals surface area contributed by atoms with Gasteiger partial charge in [0, 0.05) is 24.7 Å². The van der Waals surface area contributed by atoms with Crippen molar-refractivity contribution in [3.05, 3.63) is 41.6 Å². The van der Waals surface area contributed by atoms with E-state index in [0.717, 1.165) is 37.8 Å². The van der Waals surface area contributed by atoms with Gasteiger partial charge < -0.3 is 14.7 Å². The largest absolute Gasteiger partial charge is 0.355 e. The standard InChI is InChI=1S/C24H29F2N3O3/c1-14(2)10-21-23(30)27-20(15-6-4-3-5-7-15)13-29(21)24(31)19-12-22(32-28-19)17-9-8-16(25)11-18(17)26/h8-9,11-12,14-15,20-21H,3-7,10,13H2,1-2H3,(H,27,30)/t20-,21+/m1/s1. The summed E-state index contributed by atoms with van der Waals surface area (Å²) < 4.78 is 32.6. The van der Waals surface area contributed by atoms with Crippen LogP contribution in [-0.4, -0.2) is 40.5 Å². The molecule has 1 aliphatic heterocycles. The fraction of sp³-hybridized carbons (Fsp3) is 0.542. The topological polar surface area (TPSA) is 75.4 Å². The summed E-state index contributed by atoms with van der Waals surface area (Å²) >= 11 is 0. The number of hydrogen-bond acceptors (Lipinski definition) is 4. The zero-order valence-electron chi connectivity index (χ0n) is 18.4. The maximum atomic E-state index is 14.1. The monoisotopic (exact) mass is 445 g/mol. The van der Waals surface area contributed by atoms with E-state index in [2.05, 4.69) is 10.5 Å². The van der Waals surface area contributed by atoms with E-state index in [1.807, 2.05) is 13.8 Å². The summed E-state index contributed by atoms with van der Waals surface area (Å²) in [4.78, 5) is 28.0. The molecule has 2 aliphatic rings. The van der Waals surface area contributed by atoms with Gasteiger partial charge in [-0.1, -0.05) is 38.3 Å². The van der Waals surface area contributed by atoms with Gasteiger partial charge in [0.2, 0.25) is 5.91 Å². The molecule has 2 heterocycles. The first kappa shape index (κ1) is 22.4. The number of rotatable bonds is 5. The average molecular weight is 446 g/mol.